The van der Waals surface area contributed by atoms with Crippen LogP contribution in [0.5, 0.6) is 0 Å². The van der Waals surface area contributed by atoms with Crippen LogP contribution in [0, 0.1) is 5.82 Å². The van der Waals surface area contributed by atoms with Gasteiger partial charge >= 0.3 is 0 Å². The molecule has 1 saturated heterocycles. The highest BCUT2D eigenvalue weighted by Crippen LogP contribution is 2.25. The van der Waals surface area contributed by atoms with Crippen LogP contribution in [0.15, 0.2) is 18.2 Å². The fourth-order valence-electron chi connectivity index (χ4n) is 2.37. The third-order valence-corrected chi connectivity index (χ3v) is 3.25. The molecular formula is C14H18FNO2. The summed E-state index contributed by atoms with van der Waals surface area (Å²) in [6.07, 6.45) is 2.18. The molecule has 0 saturated carbocycles. The van der Waals surface area contributed by atoms with Gasteiger partial charge in [-0.05, 0) is 31.9 Å². The Morgan fingerprint density at radius 1 is 1.56 bits per heavy atom. The number of hydrogen-bond donors (Lipinski definition) is 0. The van der Waals surface area contributed by atoms with E-state index < -0.39 is 0 Å². The van der Waals surface area contributed by atoms with Crippen LogP contribution in [0.4, 0.5) is 10.1 Å². The van der Waals surface area contributed by atoms with Crippen molar-refractivity contribution in [2.45, 2.75) is 25.9 Å². The number of carbonyl (C=O) groups excluding carboxylic acids is 1. The van der Waals surface area contributed by atoms with Crippen molar-refractivity contribution in [3.63, 3.8) is 0 Å². The fraction of sp³-hybridized carbons (Fsp3) is 0.500. The molecule has 1 aromatic carbocycles. The lowest BCUT2D eigenvalue weighted by Gasteiger charge is -2.25. The first-order valence-corrected chi connectivity index (χ1v) is 6.22. The quantitative estimate of drug-likeness (QED) is 0.770. The van der Waals surface area contributed by atoms with Crippen LogP contribution < -0.4 is 4.90 Å². The van der Waals surface area contributed by atoms with Gasteiger partial charge in [-0.15, -0.1) is 0 Å². The molecule has 0 aromatic heterocycles. The van der Waals surface area contributed by atoms with E-state index in [4.69, 9.17) is 4.74 Å². The molecule has 1 aliphatic rings. The molecule has 1 unspecified atom stereocenters. The number of Topliss-reactive ketones (excluding diaryl/α,β-unsaturated/α-hetero) is 1. The van der Waals surface area contributed by atoms with Gasteiger partial charge in [-0.3, -0.25) is 4.79 Å². The summed E-state index contributed by atoms with van der Waals surface area (Å²) in [5.41, 5.74) is 0.802. The lowest BCUT2D eigenvalue weighted by atomic mass is 10.1. The number of rotatable bonds is 4. The van der Waals surface area contributed by atoms with Gasteiger partial charge in [0.05, 0.1) is 11.8 Å². The van der Waals surface area contributed by atoms with E-state index in [0.29, 0.717) is 17.8 Å². The predicted molar refractivity (Wildman–Crippen MR) is 68.6 cm³/mol. The van der Waals surface area contributed by atoms with Crippen LogP contribution in [0.3, 0.4) is 0 Å². The summed E-state index contributed by atoms with van der Waals surface area (Å²) in [6, 6.07) is 4.61. The molecule has 2 rings (SSSR count). The molecular weight excluding hydrogens is 233 g/mol. The van der Waals surface area contributed by atoms with Crippen LogP contribution in [-0.4, -0.2) is 32.1 Å². The first-order valence-electron chi connectivity index (χ1n) is 6.22. The number of likely N-dealkylation sites (N-methyl/N-ethyl adjacent to an activating group) is 1. The van der Waals surface area contributed by atoms with E-state index >= 15 is 0 Å². The molecule has 0 bridgehead atoms. The van der Waals surface area contributed by atoms with Crippen molar-refractivity contribution in [3.05, 3.63) is 29.6 Å². The monoisotopic (exact) mass is 251 g/mol. The highest BCUT2D eigenvalue weighted by atomic mass is 19.1. The number of hydrogen-bond acceptors (Lipinski definition) is 3. The summed E-state index contributed by atoms with van der Waals surface area (Å²) in [4.78, 5) is 13.3. The zero-order chi connectivity index (χ0) is 13.1. The molecule has 0 N–H and O–H groups in total. The summed E-state index contributed by atoms with van der Waals surface area (Å²) in [5.74, 6) is -0.480. The number of para-hydroxylation sites is 1. The van der Waals surface area contributed by atoms with E-state index in [1.54, 1.807) is 24.1 Å². The van der Waals surface area contributed by atoms with E-state index in [-0.39, 0.29) is 17.7 Å². The largest absolute Gasteiger partial charge is 0.376 e. The Hall–Kier alpha value is -1.42. The summed E-state index contributed by atoms with van der Waals surface area (Å²) in [5, 5.41) is 0. The van der Waals surface area contributed by atoms with E-state index in [9.17, 15) is 9.18 Å². The number of ether oxygens (including phenoxy) is 1. The van der Waals surface area contributed by atoms with E-state index in [0.717, 1.165) is 19.4 Å². The van der Waals surface area contributed by atoms with Gasteiger partial charge in [-0.25, -0.2) is 4.39 Å². The molecule has 4 heteroatoms. The molecule has 1 aliphatic heterocycles. The zero-order valence-electron chi connectivity index (χ0n) is 10.8. The Morgan fingerprint density at radius 3 is 2.94 bits per heavy atom. The maximum absolute atomic E-state index is 13.9. The van der Waals surface area contributed by atoms with Crippen LogP contribution in [0.1, 0.15) is 30.1 Å². The Kier molecular flexibility index (Phi) is 3.97. The minimum atomic E-state index is -0.358. The standard InChI is InChI=1S/C14H18FNO2/c1-10(17)12-6-3-7-13(15)14(12)16(2)9-11-5-4-8-18-11/h3,6-7,11H,4-5,8-9H2,1-2H3. The molecule has 98 valence electrons. The normalized spacial score (nSPS) is 18.9. The third-order valence-electron chi connectivity index (χ3n) is 3.25. The molecule has 0 radical (unpaired) electrons. The molecule has 1 atom stereocenters. The molecule has 0 amide bonds. The number of carbonyl (C=O) groups is 1. The van der Waals surface area contributed by atoms with Gasteiger partial charge < -0.3 is 9.64 Å². The average Bonchev–Trinajstić information content (AvgIpc) is 2.81. The minimum Gasteiger partial charge on any atom is -0.376 e. The number of ketones is 1. The second-order valence-electron chi connectivity index (χ2n) is 4.71. The molecule has 0 aliphatic carbocycles. The van der Waals surface area contributed by atoms with Crippen LogP contribution >= 0.6 is 0 Å². The zero-order valence-corrected chi connectivity index (χ0v) is 10.8. The summed E-state index contributed by atoms with van der Waals surface area (Å²) < 4.78 is 19.4. The van der Waals surface area contributed by atoms with E-state index in [1.807, 2.05) is 0 Å². The highest BCUT2D eigenvalue weighted by molar-refractivity contribution is 5.99. The lowest BCUT2D eigenvalue weighted by molar-refractivity contribution is 0.101. The van der Waals surface area contributed by atoms with Crippen LogP contribution in [-0.2, 0) is 4.74 Å². The SMILES string of the molecule is CC(=O)c1cccc(F)c1N(C)CC1CCCO1. The Balaban J connectivity index is 2.22. The Morgan fingerprint density at radius 2 is 2.33 bits per heavy atom. The molecule has 0 spiro atoms. The van der Waals surface area contributed by atoms with Gasteiger partial charge in [0.1, 0.15) is 5.82 Å². The topological polar surface area (TPSA) is 29.5 Å². The number of anilines is 1. The summed E-state index contributed by atoms with van der Waals surface area (Å²) in [6.45, 7) is 2.84. The average molecular weight is 251 g/mol. The van der Waals surface area contributed by atoms with Crippen molar-refractivity contribution in [3.8, 4) is 0 Å². The first-order chi connectivity index (χ1) is 8.59. The fourth-order valence-corrected chi connectivity index (χ4v) is 2.37. The lowest BCUT2D eigenvalue weighted by Crippen LogP contribution is -2.30. The van der Waals surface area contributed by atoms with Gasteiger partial charge in [0.25, 0.3) is 0 Å². The molecule has 1 fully saturated rings. The summed E-state index contributed by atoms with van der Waals surface area (Å²) in [7, 11) is 1.80. The molecule has 3 nitrogen and oxygen atoms in total. The predicted octanol–water partition coefficient (Wildman–Crippen LogP) is 2.64. The van der Waals surface area contributed by atoms with Gasteiger partial charge in [0, 0.05) is 25.8 Å². The van der Waals surface area contributed by atoms with Crippen LogP contribution in [0.25, 0.3) is 0 Å². The van der Waals surface area contributed by atoms with Crippen molar-refractivity contribution in [1.82, 2.24) is 0 Å². The third kappa shape index (κ3) is 2.70. The van der Waals surface area contributed by atoms with Crippen molar-refractivity contribution < 1.29 is 13.9 Å². The molecule has 1 heterocycles. The van der Waals surface area contributed by atoms with Crippen molar-refractivity contribution in [2.24, 2.45) is 0 Å². The Labute approximate surface area is 107 Å². The van der Waals surface area contributed by atoms with Gasteiger partial charge in [0.15, 0.2) is 5.78 Å². The van der Waals surface area contributed by atoms with Gasteiger partial charge in [-0.1, -0.05) is 6.07 Å². The molecule has 18 heavy (non-hydrogen) atoms. The second kappa shape index (κ2) is 5.48. The van der Waals surface area contributed by atoms with E-state index in [1.165, 1.54) is 13.0 Å². The number of benzene rings is 1. The van der Waals surface area contributed by atoms with Crippen molar-refractivity contribution in [1.29, 1.82) is 0 Å². The first kappa shape index (κ1) is 13.0. The van der Waals surface area contributed by atoms with Gasteiger partial charge in [-0.2, -0.15) is 0 Å². The Bertz CT molecular complexity index is 441. The van der Waals surface area contributed by atoms with Crippen molar-refractivity contribution >= 4 is 11.5 Å². The smallest absolute Gasteiger partial charge is 0.161 e. The van der Waals surface area contributed by atoms with Crippen molar-refractivity contribution in [2.75, 3.05) is 25.1 Å². The number of nitrogens with zero attached hydrogens (tertiary/aromatic N) is 1. The highest BCUT2D eigenvalue weighted by Gasteiger charge is 2.21. The summed E-state index contributed by atoms with van der Waals surface area (Å²) >= 11 is 0. The van der Waals surface area contributed by atoms with E-state index in [2.05, 4.69) is 0 Å². The van der Waals surface area contributed by atoms with Gasteiger partial charge in [0.2, 0.25) is 0 Å². The molecule has 1 aromatic rings. The number of halogens is 1. The maximum Gasteiger partial charge on any atom is 0.161 e. The second-order valence-corrected chi connectivity index (χ2v) is 4.71. The van der Waals surface area contributed by atoms with Crippen LogP contribution in [0.2, 0.25) is 0 Å². The minimum absolute atomic E-state index is 0.122. The maximum atomic E-state index is 13.9.